The van der Waals surface area contributed by atoms with E-state index in [4.69, 9.17) is 10.4 Å². The highest BCUT2D eigenvalue weighted by Gasteiger charge is 2.26. The van der Waals surface area contributed by atoms with E-state index in [1.54, 1.807) is 0 Å². The van der Waals surface area contributed by atoms with Gasteiger partial charge in [-0.25, -0.2) is 0 Å². The highest BCUT2D eigenvalue weighted by Crippen LogP contribution is 2.32. The fourth-order valence-electron chi connectivity index (χ4n) is 1.29. The van der Waals surface area contributed by atoms with E-state index >= 15 is 0 Å². The summed E-state index contributed by atoms with van der Waals surface area (Å²) in [6.45, 7) is 6.04. The van der Waals surface area contributed by atoms with Gasteiger partial charge in [-0.05, 0) is 17.8 Å². The molecule has 0 rings (SSSR count). The van der Waals surface area contributed by atoms with Gasteiger partial charge in [0.15, 0.2) is 0 Å². The van der Waals surface area contributed by atoms with Crippen molar-refractivity contribution in [3.63, 3.8) is 0 Å². The van der Waals surface area contributed by atoms with E-state index in [0.29, 0.717) is 12.8 Å². The van der Waals surface area contributed by atoms with E-state index in [1.165, 1.54) is 0 Å². The molecule has 1 unspecified atom stereocenters. The van der Waals surface area contributed by atoms with Crippen LogP contribution in [0.25, 0.3) is 0 Å². The third-order valence-electron chi connectivity index (χ3n) is 2.25. The minimum atomic E-state index is -0.780. The van der Waals surface area contributed by atoms with Crippen molar-refractivity contribution in [2.24, 2.45) is 11.3 Å². The number of hydrogen-bond donors (Lipinski definition) is 1. The van der Waals surface area contributed by atoms with Crippen molar-refractivity contribution in [3.05, 3.63) is 0 Å². The number of aliphatic carboxylic acids is 1. The Morgan fingerprint density at radius 1 is 1.54 bits per heavy atom. The average Bonchev–Trinajstić information content (AvgIpc) is 1.95. The summed E-state index contributed by atoms with van der Waals surface area (Å²) < 4.78 is 0. The van der Waals surface area contributed by atoms with Gasteiger partial charge in [-0.3, -0.25) is 4.79 Å². The zero-order valence-electron chi connectivity index (χ0n) is 8.50. The summed E-state index contributed by atoms with van der Waals surface area (Å²) in [6, 6.07) is 2.05. The molecule has 0 aromatic rings. The first-order valence-electron chi connectivity index (χ1n) is 4.46. The predicted octanol–water partition coefficient (Wildman–Crippen LogP) is 2.43. The number of carboxylic acid groups (broad SMARTS) is 1. The monoisotopic (exact) mass is 183 g/mol. The van der Waals surface area contributed by atoms with Crippen LogP contribution >= 0.6 is 0 Å². The van der Waals surface area contributed by atoms with Crippen LogP contribution in [0.4, 0.5) is 0 Å². The van der Waals surface area contributed by atoms with Gasteiger partial charge in [0, 0.05) is 12.8 Å². The molecule has 0 bridgehead atoms. The number of carbonyl (C=O) groups is 1. The topological polar surface area (TPSA) is 61.1 Å². The van der Waals surface area contributed by atoms with Crippen LogP contribution in [0.1, 0.15) is 40.0 Å². The second-order valence-corrected chi connectivity index (χ2v) is 4.36. The van der Waals surface area contributed by atoms with E-state index in [-0.39, 0.29) is 17.8 Å². The molecule has 0 aliphatic heterocycles. The first-order valence-corrected chi connectivity index (χ1v) is 4.46. The number of carboxylic acids is 1. The average molecular weight is 183 g/mol. The summed E-state index contributed by atoms with van der Waals surface area (Å²) in [7, 11) is 0. The van der Waals surface area contributed by atoms with Gasteiger partial charge >= 0.3 is 5.97 Å². The lowest BCUT2D eigenvalue weighted by molar-refractivity contribution is -0.139. The minimum Gasteiger partial charge on any atom is -0.481 e. The molecule has 0 saturated heterocycles. The quantitative estimate of drug-likeness (QED) is 0.728. The van der Waals surface area contributed by atoms with Crippen molar-refractivity contribution in [1.29, 1.82) is 5.26 Å². The SMILES string of the molecule is CC(C)(C)C(CCC#N)CC(=O)O. The second kappa shape index (κ2) is 4.86. The lowest BCUT2D eigenvalue weighted by Crippen LogP contribution is -2.23. The highest BCUT2D eigenvalue weighted by atomic mass is 16.4. The fourth-order valence-corrected chi connectivity index (χ4v) is 1.29. The summed E-state index contributed by atoms with van der Waals surface area (Å²) in [5.41, 5.74) is -0.0325. The molecule has 3 nitrogen and oxygen atoms in total. The summed E-state index contributed by atoms with van der Waals surface area (Å²) in [4.78, 5) is 10.5. The van der Waals surface area contributed by atoms with Crippen molar-refractivity contribution >= 4 is 5.97 Å². The van der Waals surface area contributed by atoms with Crippen molar-refractivity contribution in [3.8, 4) is 6.07 Å². The van der Waals surface area contributed by atoms with Gasteiger partial charge in [-0.2, -0.15) is 5.26 Å². The van der Waals surface area contributed by atoms with Crippen LogP contribution in [0.2, 0.25) is 0 Å². The van der Waals surface area contributed by atoms with E-state index in [1.807, 2.05) is 20.8 Å². The molecule has 13 heavy (non-hydrogen) atoms. The Morgan fingerprint density at radius 2 is 2.08 bits per heavy atom. The minimum absolute atomic E-state index is 0.0325. The Labute approximate surface area is 79.4 Å². The zero-order valence-corrected chi connectivity index (χ0v) is 8.50. The first-order chi connectivity index (χ1) is 5.88. The maximum absolute atomic E-state index is 10.5. The van der Waals surface area contributed by atoms with Gasteiger partial charge in [-0.15, -0.1) is 0 Å². The van der Waals surface area contributed by atoms with Crippen LogP contribution in [0, 0.1) is 22.7 Å². The van der Waals surface area contributed by atoms with Crippen molar-refractivity contribution in [1.82, 2.24) is 0 Å². The van der Waals surface area contributed by atoms with Gasteiger partial charge in [0.05, 0.1) is 6.07 Å². The fraction of sp³-hybridized carbons (Fsp3) is 0.800. The smallest absolute Gasteiger partial charge is 0.303 e. The van der Waals surface area contributed by atoms with Gasteiger partial charge in [-0.1, -0.05) is 20.8 Å². The van der Waals surface area contributed by atoms with Gasteiger partial charge < -0.3 is 5.11 Å². The van der Waals surface area contributed by atoms with Crippen molar-refractivity contribution in [2.45, 2.75) is 40.0 Å². The molecule has 1 atom stereocenters. The largest absolute Gasteiger partial charge is 0.481 e. The van der Waals surface area contributed by atoms with Crippen LogP contribution in [0.3, 0.4) is 0 Å². The number of hydrogen-bond acceptors (Lipinski definition) is 2. The summed E-state index contributed by atoms with van der Waals surface area (Å²) in [6.07, 6.45) is 1.27. The second-order valence-electron chi connectivity index (χ2n) is 4.36. The molecule has 0 aromatic carbocycles. The zero-order chi connectivity index (χ0) is 10.5. The molecule has 0 saturated carbocycles. The predicted molar refractivity (Wildman–Crippen MR) is 50.0 cm³/mol. The standard InChI is InChI=1S/C10H17NO2/c1-10(2,3)8(5-4-6-11)7-9(12)13/h8H,4-5,7H2,1-3H3,(H,12,13). The molecule has 1 N–H and O–H groups in total. The Morgan fingerprint density at radius 3 is 2.38 bits per heavy atom. The molecule has 3 heteroatoms. The molecular weight excluding hydrogens is 166 g/mol. The molecule has 0 aliphatic rings. The molecular formula is C10H17NO2. The van der Waals surface area contributed by atoms with Crippen molar-refractivity contribution < 1.29 is 9.90 Å². The van der Waals surface area contributed by atoms with Crippen LogP contribution in [-0.4, -0.2) is 11.1 Å². The molecule has 0 amide bonds. The Bertz CT molecular complexity index is 210. The van der Waals surface area contributed by atoms with Crippen LogP contribution in [-0.2, 0) is 4.79 Å². The van der Waals surface area contributed by atoms with Crippen LogP contribution in [0.15, 0.2) is 0 Å². The first kappa shape index (κ1) is 12.0. The Kier molecular flexibility index (Phi) is 4.47. The molecule has 0 aliphatic carbocycles. The normalized spacial score (nSPS) is 13.4. The van der Waals surface area contributed by atoms with E-state index in [0.717, 1.165) is 0 Å². The summed E-state index contributed by atoms with van der Waals surface area (Å²) >= 11 is 0. The van der Waals surface area contributed by atoms with Crippen molar-refractivity contribution in [2.75, 3.05) is 0 Å². The number of rotatable bonds is 4. The van der Waals surface area contributed by atoms with E-state index < -0.39 is 5.97 Å². The third-order valence-corrected chi connectivity index (χ3v) is 2.25. The maximum atomic E-state index is 10.5. The van der Waals surface area contributed by atoms with E-state index in [9.17, 15) is 4.79 Å². The van der Waals surface area contributed by atoms with Gasteiger partial charge in [0.2, 0.25) is 0 Å². The molecule has 0 spiro atoms. The molecule has 74 valence electrons. The molecule has 0 fully saturated rings. The van der Waals surface area contributed by atoms with Crippen LogP contribution < -0.4 is 0 Å². The van der Waals surface area contributed by atoms with Gasteiger partial charge in [0.25, 0.3) is 0 Å². The number of nitrogens with zero attached hydrogens (tertiary/aromatic N) is 1. The summed E-state index contributed by atoms with van der Waals surface area (Å²) in [5.74, 6) is -0.692. The number of nitriles is 1. The molecule has 0 aromatic heterocycles. The Balaban J connectivity index is 4.21. The molecule has 0 radical (unpaired) electrons. The highest BCUT2D eigenvalue weighted by molar-refractivity contribution is 5.67. The lowest BCUT2D eigenvalue weighted by atomic mass is 9.76. The summed E-state index contributed by atoms with van der Waals surface area (Å²) in [5, 5.41) is 17.1. The van der Waals surface area contributed by atoms with Crippen LogP contribution in [0.5, 0.6) is 0 Å². The Hall–Kier alpha value is -1.04. The third kappa shape index (κ3) is 5.24. The lowest BCUT2D eigenvalue weighted by Gasteiger charge is -2.28. The van der Waals surface area contributed by atoms with Gasteiger partial charge in [0.1, 0.15) is 0 Å². The van der Waals surface area contributed by atoms with E-state index in [2.05, 4.69) is 6.07 Å². The molecule has 0 heterocycles. The maximum Gasteiger partial charge on any atom is 0.303 e.